The van der Waals surface area contributed by atoms with Gasteiger partial charge in [-0.15, -0.1) is 0 Å². The van der Waals surface area contributed by atoms with E-state index < -0.39 is 35.7 Å². The van der Waals surface area contributed by atoms with Crippen molar-refractivity contribution in [2.24, 2.45) is 5.41 Å². The van der Waals surface area contributed by atoms with Crippen molar-refractivity contribution in [1.29, 1.82) is 0 Å². The van der Waals surface area contributed by atoms with Gasteiger partial charge in [0.1, 0.15) is 6.04 Å². The van der Waals surface area contributed by atoms with Crippen molar-refractivity contribution in [2.45, 2.75) is 84.3 Å². The van der Waals surface area contributed by atoms with Crippen LogP contribution >= 0.6 is 0 Å². The van der Waals surface area contributed by atoms with E-state index in [2.05, 4.69) is 15.3 Å². The molecule has 0 radical (unpaired) electrons. The molecule has 0 saturated carbocycles. The normalized spacial score (nSPS) is 15.1. The van der Waals surface area contributed by atoms with E-state index in [1.165, 1.54) is 4.90 Å². The predicted molar refractivity (Wildman–Crippen MR) is 225 cm³/mol. The number of pyridine rings is 2. The Hall–Kier alpha value is -6.07. The van der Waals surface area contributed by atoms with E-state index in [4.69, 9.17) is 0 Å². The number of hydrogen-bond donors (Lipinski definition) is 3. The maximum Gasteiger partial charge on any atom is 0.407 e. The maximum atomic E-state index is 14.6. The summed E-state index contributed by atoms with van der Waals surface area (Å²) in [5.74, 6) is -0.327. The van der Waals surface area contributed by atoms with E-state index in [-0.39, 0.29) is 31.3 Å². The molecule has 6 rings (SSSR count). The Bertz CT molecular complexity index is 2110. The fourth-order valence-corrected chi connectivity index (χ4v) is 7.87. The molecule has 1 aliphatic heterocycles. The second-order valence-corrected chi connectivity index (χ2v) is 16.2. The van der Waals surface area contributed by atoms with Gasteiger partial charge in [0, 0.05) is 43.8 Å². The Labute approximate surface area is 341 Å². The first-order valence-corrected chi connectivity index (χ1v) is 19.9. The highest BCUT2D eigenvalue weighted by molar-refractivity contribution is 5.89. The Morgan fingerprint density at radius 3 is 2.03 bits per heavy atom. The van der Waals surface area contributed by atoms with Crippen LogP contribution in [-0.4, -0.2) is 90.2 Å². The van der Waals surface area contributed by atoms with Crippen LogP contribution in [0.2, 0.25) is 0 Å². The van der Waals surface area contributed by atoms with Crippen molar-refractivity contribution >= 4 is 18.0 Å². The molecule has 4 atom stereocenters. The molecule has 3 aromatic carbocycles. The number of benzene rings is 3. The van der Waals surface area contributed by atoms with Gasteiger partial charge >= 0.3 is 12.1 Å². The number of rotatable bonds is 16. The average Bonchev–Trinajstić information content (AvgIpc) is 3.54. The van der Waals surface area contributed by atoms with Crippen LogP contribution in [0.25, 0.3) is 11.1 Å². The number of aromatic nitrogens is 2. The molecule has 5 aromatic rings. The van der Waals surface area contributed by atoms with E-state index >= 15 is 0 Å². The van der Waals surface area contributed by atoms with Gasteiger partial charge in [0.05, 0.1) is 24.4 Å². The number of nitrogens with zero attached hydrogens (tertiary/aromatic N) is 5. The number of aryl methyl sites for hydroxylation is 1. The minimum absolute atomic E-state index is 0.0644. The Morgan fingerprint density at radius 2 is 1.41 bits per heavy atom. The molecule has 58 heavy (non-hydrogen) atoms. The topological polar surface area (TPSA) is 139 Å². The zero-order valence-corrected chi connectivity index (χ0v) is 33.7. The minimum Gasteiger partial charge on any atom is -0.465 e. The fraction of sp³-hybridized carbons (Fsp3) is 0.340. The highest BCUT2D eigenvalue weighted by Gasteiger charge is 2.44. The molecule has 0 aliphatic carbocycles. The van der Waals surface area contributed by atoms with Gasteiger partial charge in [0.2, 0.25) is 5.91 Å². The lowest BCUT2D eigenvalue weighted by atomic mass is 9.84. The van der Waals surface area contributed by atoms with Crippen molar-refractivity contribution in [2.75, 3.05) is 13.1 Å². The largest absolute Gasteiger partial charge is 0.465 e. The summed E-state index contributed by atoms with van der Waals surface area (Å²) in [5.41, 5.74) is 5.62. The third kappa shape index (κ3) is 10.9. The summed E-state index contributed by atoms with van der Waals surface area (Å²) in [4.78, 5) is 54.9. The number of aliphatic hydroxyl groups is 1. The van der Waals surface area contributed by atoms with Crippen LogP contribution in [0.1, 0.15) is 55.3 Å². The molecule has 1 fully saturated rings. The van der Waals surface area contributed by atoms with E-state index in [9.17, 15) is 24.6 Å². The number of aliphatic hydroxyl groups excluding tert-OH is 1. The monoisotopic (exact) mass is 782 g/mol. The lowest BCUT2D eigenvalue weighted by molar-refractivity contribution is -0.129. The van der Waals surface area contributed by atoms with Gasteiger partial charge in [-0.25, -0.2) is 9.59 Å². The van der Waals surface area contributed by atoms with Crippen LogP contribution in [0.5, 0.6) is 0 Å². The number of carbonyl (C=O) groups excluding carboxylic acids is 2. The highest BCUT2D eigenvalue weighted by atomic mass is 16.4. The summed E-state index contributed by atoms with van der Waals surface area (Å²) in [6, 6.07) is 34.0. The van der Waals surface area contributed by atoms with Gasteiger partial charge in [-0.05, 0) is 83.7 Å². The minimum atomic E-state index is -1.17. The number of carboxylic acid groups (broad SMARTS) is 1. The number of urea groups is 1. The molecule has 11 nitrogen and oxygen atoms in total. The summed E-state index contributed by atoms with van der Waals surface area (Å²) in [6.45, 7) is 8.99. The average molecular weight is 783 g/mol. The molecule has 3 heterocycles. The first-order chi connectivity index (χ1) is 27.9. The zero-order chi connectivity index (χ0) is 41.2. The molecule has 3 N–H and O–H groups in total. The number of amides is 4. The fourth-order valence-electron chi connectivity index (χ4n) is 7.87. The molecule has 1 saturated heterocycles. The van der Waals surface area contributed by atoms with Gasteiger partial charge in [-0.1, -0.05) is 112 Å². The lowest BCUT2D eigenvalue weighted by Crippen LogP contribution is -2.57. The summed E-state index contributed by atoms with van der Waals surface area (Å²) in [5, 5.41) is 26.2. The highest BCUT2D eigenvalue weighted by Crippen LogP contribution is 2.30. The SMILES string of the molecule is Cc1cccc(CN2CCN([C@H](C(=O)N[C@@H](Cc3ccccc3)C[C@H](O)[C@H](Cc3ccc(-c4ccncc4)cc3)N(Cc3ccccc3)C(=O)O)C(C)(C)C)C2=O)n1. The van der Waals surface area contributed by atoms with Crippen LogP contribution in [-0.2, 0) is 30.7 Å². The lowest BCUT2D eigenvalue weighted by Gasteiger charge is -2.38. The summed E-state index contributed by atoms with van der Waals surface area (Å²) in [6.07, 6.45) is 1.83. The van der Waals surface area contributed by atoms with Gasteiger partial charge in [-0.3, -0.25) is 19.7 Å². The van der Waals surface area contributed by atoms with Crippen molar-refractivity contribution < 1.29 is 24.6 Å². The molecule has 0 unspecified atom stereocenters. The Kier molecular flexibility index (Phi) is 13.6. The molecule has 11 heteroatoms. The van der Waals surface area contributed by atoms with Crippen LogP contribution in [0, 0.1) is 12.3 Å². The number of nitrogens with one attached hydrogen (secondary N) is 1. The van der Waals surface area contributed by atoms with Crippen LogP contribution in [0.3, 0.4) is 0 Å². The van der Waals surface area contributed by atoms with Gasteiger partial charge in [0.25, 0.3) is 0 Å². The second-order valence-electron chi connectivity index (χ2n) is 16.2. The van der Waals surface area contributed by atoms with Gasteiger partial charge in [0.15, 0.2) is 0 Å². The third-order valence-electron chi connectivity index (χ3n) is 10.7. The van der Waals surface area contributed by atoms with Crippen LogP contribution in [0.4, 0.5) is 9.59 Å². The standard InChI is InChI=1S/C47H54N6O5/c1-33-12-11-17-39(49-33)32-51-26-27-52(45(51)56)43(47(2,3)4)44(55)50-40(28-34-13-7-5-8-14-34)30-42(54)41(53(46(57)58)31-36-15-9-6-10-16-36)29-35-18-20-37(21-19-35)38-22-24-48-25-23-38/h5-25,40-43,54H,26-32H2,1-4H3,(H,50,55)(H,57,58)/t40-,41-,42-,43+/m0/s1. The molecular formula is C47H54N6O5. The quantitative estimate of drug-likeness (QED) is 0.0950. The molecule has 1 aliphatic rings. The smallest absolute Gasteiger partial charge is 0.407 e. The summed E-state index contributed by atoms with van der Waals surface area (Å²) in [7, 11) is 0. The van der Waals surface area contributed by atoms with Crippen molar-refractivity contribution in [3.8, 4) is 11.1 Å². The summed E-state index contributed by atoms with van der Waals surface area (Å²) >= 11 is 0. The zero-order valence-electron chi connectivity index (χ0n) is 33.7. The van der Waals surface area contributed by atoms with Crippen molar-refractivity contribution in [3.05, 3.63) is 156 Å². The molecule has 0 spiro atoms. The second kappa shape index (κ2) is 18.9. The van der Waals surface area contributed by atoms with E-state index in [0.717, 1.165) is 39.2 Å². The van der Waals surface area contributed by atoms with Crippen molar-refractivity contribution in [3.63, 3.8) is 0 Å². The van der Waals surface area contributed by atoms with Crippen LogP contribution < -0.4 is 5.32 Å². The Balaban J connectivity index is 1.27. The Morgan fingerprint density at radius 1 is 0.793 bits per heavy atom. The maximum absolute atomic E-state index is 14.6. The van der Waals surface area contributed by atoms with Gasteiger partial charge < -0.3 is 25.3 Å². The summed E-state index contributed by atoms with van der Waals surface area (Å²) < 4.78 is 0. The molecule has 4 amide bonds. The van der Waals surface area contributed by atoms with E-state index in [0.29, 0.717) is 26.1 Å². The molecule has 0 bridgehead atoms. The molecular weight excluding hydrogens is 729 g/mol. The predicted octanol–water partition coefficient (Wildman–Crippen LogP) is 7.37. The van der Waals surface area contributed by atoms with Gasteiger partial charge in [-0.2, -0.15) is 0 Å². The van der Waals surface area contributed by atoms with Crippen LogP contribution in [0.15, 0.2) is 128 Å². The third-order valence-corrected chi connectivity index (χ3v) is 10.7. The number of carbonyl (C=O) groups is 3. The van der Waals surface area contributed by atoms with E-state index in [1.807, 2.05) is 143 Å². The molecule has 2 aromatic heterocycles. The van der Waals surface area contributed by atoms with E-state index in [1.54, 1.807) is 22.2 Å². The first-order valence-electron chi connectivity index (χ1n) is 19.9. The number of hydrogen-bond acceptors (Lipinski definition) is 6. The molecule has 302 valence electrons. The first kappa shape index (κ1) is 41.6. The van der Waals surface area contributed by atoms with Crippen molar-refractivity contribution in [1.82, 2.24) is 30.0 Å².